The highest BCUT2D eigenvalue weighted by atomic mass is 35.5. The lowest BCUT2D eigenvalue weighted by atomic mass is 9.88. The molecule has 0 N–H and O–H groups in total. The molecule has 3 heteroatoms. The van der Waals surface area contributed by atoms with Crippen LogP contribution in [0.1, 0.15) is 26.3 Å². The Morgan fingerprint density at radius 2 is 1.85 bits per heavy atom. The number of aromatic nitrogens is 1. The topological polar surface area (TPSA) is 22.0 Å². The number of hydrogen-bond donors (Lipinski definition) is 0. The smallest absolute Gasteiger partial charge is 0.251 e. The van der Waals surface area contributed by atoms with Gasteiger partial charge >= 0.3 is 0 Å². The predicted molar refractivity (Wildman–Crippen MR) is 55.4 cm³/mol. The van der Waals surface area contributed by atoms with Gasteiger partial charge in [-0.05, 0) is 17.0 Å². The summed E-state index contributed by atoms with van der Waals surface area (Å²) in [6.07, 6.45) is 0. The Balaban J connectivity index is 3.38. The molecule has 2 nitrogen and oxygen atoms in total. The van der Waals surface area contributed by atoms with Crippen LogP contribution in [-0.2, 0) is 12.5 Å². The van der Waals surface area contributed by atoms with Crippen molar-refractivity contribution in [2.75, 3.05) is 0 Å². The average Bonchev–Trinajstić information content (AvgIpc) is 1.97. The molecule has 0 atom stereocenters. The highest BCUT2D eigenvalue weighted by Gasteiger charge is 2.15. The maximum atomic E-state index is 11.4. The van der Waals surface area contributed by atoms with Crippen LogP contribution < -0.4 is 5.56 Å². The zero-order valence-corrected chi connectivity index (χ0v) is 9.14. The minimum absolute atomic E-state index is 0.0307. The molecular formula is C10H14ClNO. The second-order valence-corrected chi connectivity index (χ2v) is 4.60. The van der Waals surface area contributed by atoms with Gasteiger partial charge < -0.3 is 4.57 Å². The van der Waals surface area contributed by atoms with Crippen molar-refractivity contribution in [1.29, 1.82) is 0 Å². The van der Waals surface area contributed by atoms with Crippen molar-refractivity contribution in [3.63, 3.8) is 0 Å². The molecule has 0 aliphatic rings. The molecular weight excluding hydrogens is 186 g/mol. The van der Waals surface area contributed by atoms with Gasteiger partial charge in [0.2, 0.25) is 0 Å². The Bertz CT molecular complexity index is 373. The van der Waals surface area contributed by atoms with Crippen molar-refractivity contribution in [1.82, 2.24) is 4.57 Å². The highest BCUT2D eigenvalue weighted by molar-refractivity contribution is 6.29. The molecule has 0 unspecified atom stereocenters. The van der Waals surface area contributed by atoms with Crippen LogP contribution in [0.2, 0.25) is 5.15 Å². The maximum Gasteiger partial charge on any atom is 0.251 e. The van der Waals surface area contributed by atoms with Crippen molar-refractivity contribution >= 4 is 11.6 Å². The van der Waals surface area contributed by atoms with E-state index in [1.54, 1.807) is 13.1 Å². The summed E-state index contributed by atoms with van der Waals surface area (Å²) in [5.74, 6) is 0. The lowest BCUT2D eigenvalue weighted by Crippen LogP contribution is -2.21. The minimum atomic E-state index is -0.0579. The van der Waals surface area contributed by atoms with Crippen LogP contribution in [0, 0.1) is 0 Å². The number of hydrogen-bond acceptors (Lipinski definition) is 1. The minimum Gasteiger partial charge on any atom is -0.302 e. The molecule has 1 aromatic heterocycles. The van der Waals surface area contributed by atoms with Gasteiger partial charge in [-0.1, -0.05) is 32.4 Å². The molecule has 0 aromatic carbocycles. The van der Waals surface area contributed by atoms with Crippen molar-refractivity contribution in [2.24, 2.45) is 7.05 Å². The van der Waals surface area contributed by atoms with Crippen LogP contribution in [0.4, 0.5) is 0 Å². The Labute approximate surface area is 83.2 Å². The van der Waals surface area contributed by atoms with E-state index in [4.69, 9.17) is 11.6 Å². The van der Waals surface area contributed by atoms with E-state index in [-0.39, 0.29) is 11.0 Å². The lowest BCUT2D eigenvalue weighted by Gasteiger charge is -2.19. The zero-order chi connectivity index (χ0) is 10.2. The molecule has 1 aromatic rings. The fourth-order valence-corrected chi connectivity index (χ4v) is 1.24. The molecule has 0 saturated carbocycles. The lowest BCUT2D eigenvalue weighted by molar-refractivity contribution is 0.585. The molecule has 1 rings (SSSR count). The van der Waals surface area contributed by atoms with Crippen LogP contribution in [0.3, 0.4) is 0 Å². The van der Waals surface area contributed by atoms with E-state index in [0.29, 0.717) is 5.15 Å². The van der Waals surface area contributed by atoms with Gasteiger partial charge in [0.25, 0.3) is 5.56 Å². The number of nitrogens with zero attached hydrogens (tertiary/aromatic N) is 1. The predicted octanol–water partition coefficient (Wildman–Crippen LogP) is 2.34. The van der Waals surface area contributed by atoms with Crippen molar-refractivity contribution in [2.45, 2.75) is 26.2 Å². The van der Waals surface area contributed by atoms with E-state index in [1.165, 1.54) is 4.57 Å². The standard InChI is InChI=1S/C10H14ClNO/c1-10(2,3)7-5-8(11)12(4)9(13)6-7/h5-6H,1-4H3. The first-order valence-corrected chi connectivity index (χ1v) is 4.57. The van der Waals surface area contributed by atoms with Crippen LogP contribution >= 0.6 is 11.6 Å². The van der Waals surface area contributed by atoms with Crippen LogP contribution in [0.5, 0.6) is 0 Å². The summed E-state index contributed by atoms with van der Waals surface area (Å²) in [5, 5.41) is 0.484. The summed E-state index contributed by atoms with van der Waals surface area (Å²) in [7, 11) is 1.66. The molecule has 0 saturated heterocycles. The maximum absolute atomic E-state index is 11.4. The summed E-state index contributed by atoms with van der Waals surface area (Å²) in [4.78, 5) is 11.4. The second kappa shape index (κ2) is 3.18. The van der Waals surface area contributed by atoms with E-state index in [2.05, 4.69) is 20.8 Å². The Morgan fingerprint density at radius 3 is 2.23 bits per heavy atom. The number of pyridine rings is 1. The summed E-state index contributed by atoms with van der Waals surface area (Å²) in [5.41, 5.74) is 0.884. The van der Waals surface area contributed by atoms with Crippen LogP contribution in [-0.4, -0.2) is 4.57 Å². The first-order valence-electron chi connectivity index (χ1n) is 4.19. The third kappa shape index (κ3) is 2.13. The summed E-state index contributed by atoms with van der Waals surface area (Å²) in [6.45, 7) is 6.16. The van der Waals surface area contributed by atoms with E-state index in [9.17, 15) is 4.79 Å². The molecule has 0 spiro atoms. The molecule has 0 radical (unpaired) electrons. The van der Waals surface area contributed by atoms with Crippen molar-refractivity contribution in [3.05, 3.63) is 33.2 Å². The first kappa shape index (κ1) is 10.3. The molecule has 0 bridgehead atoms. The van der Waals surface area contributed by atoms with E-state index in [1.807, 2.05) is 6.07 Å². The third-order valence-electron chi connectivity index (χ3n) is 2.07. The summed E-state index contributed by atoms with van der Waals surface area (Å²) >= 11 is 5.89. The Hall–Kier alpha value is -0.760. The van der Waals surface area contributed by atoms with Gasteiger partial charge in [-0.15, -0.1) is 0 Å². The molecule has 0 aliphatic carbocycles. The summed E-state index contributed by atoms with van der Waals surface area (Å²) in [6, 6.07) is 3.47. The second-order valence-electron chi connectivity index (χ2n) is 4.21. The molecule has 72 valence electrons. The average molecular weight is 200 g/mol. The van der Waals surface area contributed by atoms with E-state index >= 15 is 0 Å². The first-order chi connectivity index (χ1) is 5.82. The summed E-state index contributed by atoms with van der Waals surface area (Å²) < 4.78 is 1.43. The van der Waals surface area contributed by atoms with Gasteiger partial charge in [0.15, 0.2) is 0 Å². The fraction of sp³-hybridized carbons (Fsp3) is 0.500. The van der Waals surface area contributed by atoms with Gasteiger partial charge in [0.05, 0.1) is 0 Å². The van der Waals surface area contributed by atoms with Crippen molar-refractivity contribution in [3.8, 4) is 0 Å². The fourth-order valence-electron chi connectivity index (χ4n) is 1.03. The third-order valence-corrected chi connectivity index (χ3v) is 2.43. The van der Waals surface area contributed by atoms with E-state index < -0.39 is 0 Å². The largest absolute Gasteiger partial charge is 0.302 e. The van der Waals surface area contributed by atoms with Gasteiger partial charge in [-0.3, -0.25) is 4.79 Å². The number of rotatable bonds is 0. The molecule has 1 heterocycles. The quantitative estimate of drug-likeness (QED) is 0.588. The van der Waals surface area contributed by atoms with E-state index in [0.717, 1.165) is 5.56 Å². The molecule has 0 fully saturated rings. The van der Waals surface area contributed by atoms with Crippen molar-refractivity contribution < 1.29 is 0 Å². The monoisotopic (exact) mass is 199 g/mol. The molecule has 13 heavy (non-hydrogen) atoms. The Kier molecular flexibility index (Phi) is 2.53. The van der Waals surface area contributed by atoms with Crippen LogP contribution in [0.25, 0.3) is 0 Å². The zero-order valence-electron chi connectivity index (χ0n) is 8.39. The normalized spacial score (nSPS) is 11.8. The van der Waals surface area contributed by atoms with Gasteiger partial charge in [0.1, 0.15) is 5.15 Å². The van der Waals surface area contributed by atoms with Gasteiger partial charge in [0, 0.05) is 13.1 Å². The van der Waals surface area contributed by atoms with Gasteiger partial charge in [-0.25, -0.2) is 0 Å². The molecule has 0 amide bonds. The Morgan fingerprint density at radius 1 is 1.31 bits per heavy atom. The molecule has 0 aliphatic heterocycles. The SMILES string of the molecule is Cn1c(Cl)cc(C(C)(C)C)cc1=O. The number of halogens is 1. The van der Waals surface area contributed by atoms with Crippen LogP contribution in [0.15, 0.2) is 16.9 Å². The highest BCUT2D eigenvalue weighted by Crippen LogP contribution is 2.22. The van der Waals surface area contributed by atoms with Gasteiger partial charge in [-0.2, -0.15) is 0 Å².